The summed E-state index contributed by atoms with van der Waals surface area (Å²) in [5.41, 5.74) is 3.50. The average Bonchev–Trinajstić information content (AvgIpc) is 3.08. The minimum Gasteiger partial charge on any atom is -0.463 e. The summed E-state index contributed by atoms with van der Waals surface area (Å²) in [5, 5.41) is 2.53. The van der Waals surface area contributed by atoms with E-state index in [2.05, 4.69) is 90.1 Å². The van der Waals surface area contributed by atoms with Crippen molar-refractivity contribution in [2.24, 2.45) is 0 Å². The van der Waals surface area contributed by atoms with Gasteiger partial charge in [0.2, 0.25) is 0 Å². The first-order chi connectivity index (χ1) is 14.5. The summed E-state index contributed by atoms with van der Waals surface area (Å²) in [6, 6.07) is 24.0. The van der Waals surface area contributed by atoms with E-state index in [1.807, 2.05) is 0 Å². The molecule has 3 nitrogen and oxygen atoms in total. The van der Waals surface area contributed by atoms with Gasteiger partial charge in [-0.25, -0.2) is 10.0 Å². The van der Waals surface area contributed by atoms with E-state index < -0.39 is 10.0 Å². The molecule has 0 bridgehead atoms. The molecule has 0 amide bonds. The maximum Gasteiger partial charge on any atom is 0.199 e. The number of aromatic nitrogens is 1. The second kappa shape index (κ2) is 7.68. The van der Waals surface area contributed by atoms with Crippen LogP contribution in [0.2, 0.25) is 0 Å². The first-order valence-corrected chi connectivity index (χ1v) is 13.5. The van der Waals surface area contributed by atoms with E-state index in [4.69, 9.17) is 9.47 Å². The van der Waals surface area contributed by atoms with Crippen molar-refractivity contribution in [3.63, 3.8) is 0 Å². The number of hydrogen-bond donors (Lipinski definition) is 0. The number of para-hydroxylation sites is 2. The number of benzene rings is 3. The molecule has 1 saturated heterocycles. The number of hydrogen-bond acceptors (Lipinski definition) is 2. The Bertz CT molecular complexity index is 1150. The lowest BCUT2D eigenvalue weighted by atomic mass is 10.2. The predicted molar refractivity (Wildman–Crippen MR) is 129 cm³/mol. The van der Waals surface area contributed by atoms with Crippen molar-refractivity contribution in [3.8, 4) is 11.4 Å². The molecule has 1 fully saturated rings. The Balaban J connectivity index is 1.76. The lowest BCUT2D eigenvalue weighted by molar-refractivity contribution is -0.105. The minimum atomic E-state index is -0.873. The summed E-state index contributed by atoms with van der Waals surface area (Å²) in [7, 11) is -0.873. The molecule has 0 aliphatic carbocycles. The largest absolute Gasteiger partial charge is 0.463 e. The van der Waals surface area contributed by atoms with Gasteiger partial charge in [0.1, 0.15) is 5.75 Å². The van der Waals surface area contributed by atoms with Crippen molar-refractivity contribution in [1.82, 2.24) is 4.57 Å². The Labute approximate surface area is 179 Å². The summed E-state index contributed by atoms with van der Waals surface area (Å²) in [6.45, 7) is 0.777. The molecule has 5 rings (SSSR count). The number of fused-ring (bicyclic) bond motifs is 3. The first kappa shape index (κ1) is 19.5. The predicted octanol–water partition coefficient (Wildman–Crippen LogP) is 6.74. The minimum absolute atomic E-state index is 0.168. The van der Waals surface area contributed by atoms with Crippen LogP contribution in [-0.2, 0) is 4.74 Å². The van der Waals surface area contributed by atoms with Crippen LogP contribution in [0.3, 0.4) is 0 Å². The number of rotatable bonds is 4. The van der Waals surface area contributed by atoms with E-state index in [0.29, 0.717) is 0 Å². The standard InChI is InChI=1S/C26H29NO2S/c1-30(2,3)19-15-16-25(29-26-14-8-9-17-28-26)24(18-19)27-22-12-6-4-10-20(22)21-11-5-7-13-23(21)27/h4-7,10-13,15-16,18,26H,8-9,14,17H2,1-3H3. The van der Waals surface area contributed by atoms with Crippen molar-refractivity contribution in [2.45, 2.75) is 30.4 Å². The molecule has 3 aromatic carbocycles. The van der Waals surface area contributed by atoms with Gasteiger partial charge >= 0.3 is 0 Å². The lowest BCUT2D eigenvalue weighted by Crippen LogP contribution is -2.25. The van der Waals surface area contributed by atoms with Crippen LogP contribution in [-0.4, -0.2) is 36.2 Å². The van der Waals surface area contributed by atoms with Gasteiger partial charge in [-0.15, -0.1) is 0 Å². The van der Waals surface area contributed by atoms with E-state index in [9.17, 15) is 0 Å². The number of nitrogens with zero attached hydrogens (tertiary/aromatic N) is 1. The second-order valence-electron chi connectivity index (χ2n) is 8.75. The van der Waals surface area contributed by atoms with Gasteiger partial charge < -0.3 is 14.0 Å². The lowest BCUT2D eigenvalue weighted by Gasteiger charge is -2.29. The second-order valence-corrected chi connectivity index (χ2v) is 12.9. The van der Waals surface area contributed by atoms with Gasteiger partial charge in [-0.2, -0.15) is 0 Å². The maximum atomic E-state index is 6.44. The molecule has 0 saturated carbocycles. The third kappa shape index (κ3) is 3.48. The SMILES string of the molecule is CS(C)(C)c1ccc(OC2CCCCO2)c(-n2c3ccccc3c3ccccc32)c1. The van der Waals surface area contributed by atoms with Gasteiger partial charge in [0, 0.05) is 17.2 Å². The Morgan fingerprint density at radius 3 is 2.13 bits per heavy atom. The molecule has 0 N–H and O–H groups in total. The van der Waals surface area contributed by atoms with Crippen molar-refractivity contribution < 1.29 is 9.47 Å². The van der Waals surface area contributed by atoms with Crippen LogP contribution in [0.15, 0.2) is 71.6 Å². The summed E-state index contributed by atoms with van der Waals surface area (Å²) >= 11 is 0. The molecule has 4 aromatic rings. The van der Waals surface area contributed by atoms with Crippen LogP contribution in [0.4, 0.5) is 0 Å². The fraction of sp³-hybridized carbons (Fsp3) is 0.308. The highest BCUT2D eigenvalue weighted by atomic mass is 32.3. The summed E-state index contributed by atoms with van der Waals surface area (Å²) in [6.07, 6.45) is 10.1. The van der Waals surface area contributed by atoms with E-state index in [-0.39, 0.29) is 6.29 Å². The van der Waals surface area contributed by atoms with E-state index in [1.54, 1.807) is 0 Å². The smallest absolute Gasteiger partial charge is 0.199 e. The summed E-state index contributed by atoms with van der Waals surface area (Å²) in [5.74, 6) is 0.890. The molecule has 2 heterocycles. The quantitative estimate of drug-likeness (QED) is 0.365. The van der Waals surface area contributed by atoms with Crippen molar-refractivity contribution in [2.75, 3.05) is 25.4 Å². The molecule has 0 spiro atoms. The van der Waals surface area contributed by atoms with Crippen LogP contribution in [0, 0.1) is 0 Å². The molecule has 1 unspecified atom stereocenters. The zero-order valence-electron chi connectivity index (χ0n) is 17.9. The van der Waals surface area contributed by atoms with Gasteiger partial charge in [0.05, 0.1) is 23.3 Å². The van der Waals surface area contributed by atoms with Crippen LogP contribution >= 0.6 is 10.0 Å². The monoisotopic (exact) mass is 419 g/mol. The van der Waals surface area contributed by atoms with E-state index >= 15 is 0 Å². The molecular weight excluding hydrogens is 390 g/mol. The summed E-state index contributed by atoms with van der Waals surface area (Å²) in [4.78, 5) is 1.37. The van der Waals surface area contributed by atoms with Crippen molar-refractivity contribution in [1.29, 1.82) is 0 Å². The normalized spacial score (nSPS) is 18.0. The highest BCUT2D eigenvalue weighted by Gasteiger charge is 2.21. The molecule has 4 heteroatoms. The molecule has 156 valence electrons. The van der Waals surface area contributed by atoms with Gasteiger partial charge in [-0.05, 0) is 66.8 Å². The van der Waals surface area contributed by atoms with Crippen LogP contribution in [0.5, 0.6) is 5.75 Å². The van der Waals surface area contributed by atoms with Crippen molar-refractivity contribution >= 4 is 31.8 Å². The summed E-state index contributed by atoms with van der Waals surface area (Å²) < 4.78 is 14.7. The highest BCUT2D eigenvalue weighted by Crippen LogP contribution is 2.48. The molecule has 0 radical (unpaired) electrons. The molecule has 1 aliphatic rings. The maximum absolute atomic E-state index is 6.44. The zero-order chi connectivity index (χ0) is 20.7. The van der Waals surface area contributed by atoms with E-state index in [1.165, 1.54) is 26.7 Å². The Morgan fingerprint density at radius 2 is 1.53 bits per heavy atom. The fourth-order valence-corrected chi connectivity index (χ4v) is 5.22. The van der Waals surface area contributed by atoms with Gasteiger partial charge in [-0.3, -0.25) is 0 Å². The zero-order valence-corrected chi connectivity index (χ0v) is 18.7. The fourth-order valence-electron chi connectivity index (χ4n) is 4.28. The molecule has 1 atom stereocenters. The third-order valence-corrected chi connectivity index (χ3v) is 7.52. The molecule has 1 aliphatic heterocycles. The van der Waals surface area contributed by atoms with Gasteiger partial charge in [-0.1, -0.05) is 36.4 Å². The Morgan fingerprint density at radius 1 is 0.867 bits per heavy atom. The highest BCUT2D eigenvalue weighted by molar-refractivity contribution is 8.32. The molecule has 1 aromatic heterocycles. The Hall–Kier alpha value is -2.43. The average molecular weight is 420 g/mol. The third-order valence-electron chi connectivity index (χ3n) is 5.85. The number of ether oxygens (including phenoxy) is 2. The molecular formula is C26H29NO2S. The molecule has 30 heavy (non-hydrogen) atoms. The van der Waals surface area contributed by atoms with Crippen LogP contribution in [0.1, 0.15) is 19.3 Å². The van der Waals surface area contributed by atoms with Gasteiger partial charge in [0.15, 0.2) is 6.29 Å². The van der Waals surface area contributed by atoms with Gasteiger partial charge in [0.25, 0.3) is 0 Å². The van der Waals surface area contributed by atoms with Crippen LogP contribution < -0.4 is 4.74 Å². The first-order valence-electron chi connectivity index (χ1n) is 10.6. The van der Waals surface area contributed by atoms with Crippen molar-refractivity contribution in [3.05, 3.63) is 66.7 Å². The van der Waals surface area contributed by atoms with E-state index in [0.717, 1.165) is 37.3 Å². The Kier molecular flexibility index (Phi) is 5.00. The van der Waals surface area contributed by atoms with Crippen LogP contribution in [0.25, 0.3) is 27.5 Å². The topological polar surface area (TPSA) is 23.4 Å².